The summed E-state index contributed by atoms with van der Waals surface area (Å²) in [5.41, 5.74) is 1.33. The third kappa shape index (κ3) is 7.40. The molecule has 0 atom stereocenters. The van der Waals surface area contributed by atoms with E-state index in [9.17, 15) is 0 Å². The molecule has 0 spiro atoms. The van der Waals surface area contributed by atoms with Gasteiger partial charge in [0.05, 0.1) is 0 Å². The number of benzene rings is 2. The zero-order valence-electron chi connectivity index (χ0n) is 14.9. The van der Waals surface area contributed by atoms with Crippen LogP contribution in [0.15, 0.2) is 71.6 Å². The van der Waals surface area contributed by atoms with Gasteiger partial charge in [0.15, 0.2) is 0 Å². The van der Waals surface area contributed by atoms with Gasteiger partial charge in [0.2, 0.25) is 0 Å². The molecule has 0 N–H and O–H groups in total. The quantitative estimate of drug-likeness (QED) is 0.296. The molecule has 0 aromatic heterocycles. The van der Waals surface area contributed by atoms with Crippen LogP contribution in [-0.4, -0.2) is 0 Å². The van der Waals surface area contributed by atoms with Gasteiger partial charge >= 0.3 is 0 Å². The van der Waals surface area contributed by atoms with Crippen LogP contribution in [0.2, 0.25) is 0 Å². The zero-order chi connectivity index (χ0) is 16.9. The summed E-state index contributed by atoms with van der Waals surface area (Å²) in [5.74, 6) is 0. The Morgan fingerprint density at radius 3 is 2.00 bits per heavy atom. The molecule has 0 amide bonds. The van der Waals surface area contributed by atoms with Gasteiger partial charge in [0.25, 0.3) is 0 Å². The van der Waals surface area contributed by atoms with Crippen LogP contribution < -0.4 is 0 Å². The van der Waals surface area contributed by atoms with Gasteiger partial charge in [-0.05, 0) is 30.5 Å². The van der Waals surface area contributed by atoms with E-state index < -0.39 is 0 Å². The van der Waals surface area contributed by atoms with E-state index in [1.54, 1.807) is 0 Å². The molecule has 0 aliphatic carbocycles. The van der Waals surface area contributed by atoms with Crippen molar-refractivity contribution in [2.45, 2.75) is 63.2 Å². The molecule has 0 saturated heterocycles. The fraction of sp³-hybridized carbons (Fsp3) is 0.391. The standard InChI is InChI=1S/C23H30S/c1-2-3-4-5-6-7-8-15-20-23(21-16-11-9-12-17-21)24-22-18-13-10-14-19-22/h9-14,16-20H,2-8,15H2,1H3/b23-20+. The Kier molecular flexibility index (Phi) is 9.41. The summed E-state index contributed by atoms with van der Waals surface area (Å²) >= 11 is 1.88. The summed E-state index contributed by atoms with van der Waals surface area (Å²) in [4.78, 5) is 2.69. The van der Waals surface area contributed by atoms with E-state index in [-0.39, 0.29) is 0 Å². The van der Waals surface area contributed by atoms with Gasteiger partial charge in [-0.3, -0.25) is 0 Å². The normalized spacial score (nSPS) is 11.6. The Hall–Kier alpha value is -1.47. The Balaban J connectivity index is 1.86. The third-order valence-corrected chi connectivity index (χ3v) is 5.30. The van der Waals surface area contributed by atoms with Crippen molar-refractivity contribution < 1.29 is 0 Å². The fourth-order valence-corrected chi connectivity index (χ4v) is 3.77. The highest BCUT2D eigenvalue weighted by molar-refractivity contribution is 8.08. The summed E-state index contributed by atoms with van der Waals surface area (Å²) in [6.07, 6.45) is 13.2. The Morgan fingerprint density at radius 1 is 0.750 bits per heavy atom. The molecule has 0 nitrogen and oxygen atoms in total. The van der Waals surface area contributed by atoms with E-state index in [1.807, 2.05) is 11.8 Å². The first-order valence-electron chi connectivity index (χ1n) is 9.38. The largest absolute Gasteiger partial charge is 0.0898 e. The molecule has 0 saturated carbocycles. The molecule has 0 aliphatic heterocycles. The molecule has 0 fully saturated rings. The molecular formula is C23H30S. The van der Waals surface area contributed by atoms with Crippen molar-refractivity contribution in [3.63, 3.8) is 0 Å². The monoisotopic (exact) mass is 338 g/mol. The van der Waals surface area contributed by atoms with Crippen LogP contribution in [0.1, 0.15) is 63.9 Å². The first-order chi connectivity index (χ1) is 11.9. The SMILES string of the molecule is CCCCCCCCC/C=C(/Sc1ccccc1)c1ccccc1. The molecular weight excluding hydrogens is 308 g/mol. The molecule has 128 valence electrons. The lowest BCUT2D eigenvalue weighted by atomic mass is 10.1. The van der Waals surface area contributed by atoms with Crippen molar-refractivity contribution in [1.29, 1.82) is 0 Å². The number of rotatable bonds is 11. The summed E-state index contributed by atoms with van der Waals surface area (Å²) in [5, 5.41) is 0. The first kappa shape index (κ1) is 18.9. The average molecular weight is 339 g/mol. The maximum absolute atomic E-state index is 2.43. The lowest BCUT2D eigenvalue weighted by Gasteiger charge is -2.08. The molecule has 0 unspecified atom stereocenters. The molecule has 24 heavy (non-hydrogen) atoms. The molecule has 1 heteroatoms. The van der Waals surface area contributed by atoms with Crippen molar-refractivity contribution >= 4 is 16.7 Å². The van der Waals surface area contributed by atoms with Crippen molar-refractivity contribution in [2.24, 2.45) is 0 Å². The van der Waals surface area contributed by atoms with E-state index in [0.29, 0.717) is 0 Å². The van der Waals surface area contributed by atoms with Crippen LogP contribution in [0, 0.1) is 0 Å². The van der Waals surface area contributed by atoms with E-state index in [0.717, 1.165) is 0 Å². The van der Waals surface area contributed by atoms with Gasteiger partial charge in [-0.15, -0.1) is 0 Å². The molecule has 0 heterocycles. The van der Waals surface area contributed by atoms with Crippen LogP contribution in [0.25, 0.3) is 4.91 Å². The molecule has 0 bridgehead atoms. The van der Waals surface area contributed by atoms with Gasteiger partial charge in [-0.2, -0.15) is 0 Å². The predicted molar refractivity (Wildman–Crippen MR) is 109 cm³/mol. The Labute approximate surface area is 152 Å². The van der Waals surface area contributed by atoms with Crippen LogP contribution >= 0.6 is 11.8 Å². The number of thioether (sulfide) groups is 1. The zero-order valence-corrected chi connectivity index (χ0v) is 15.7. The topological polar surface area (TPSA) is 0 Å². The average Bonchev–Trinajstić information content (AvgIpc) is 2.64. The number of hydrogen-bond donors (Lipinski definition) is 0. The second kappa shape index (κ2) is 12.0. The lowest BCUT2D eigenvalue weighted by Crippen LogP contribution is -1.83. The number of allylic oxidation sites excluding steroid dienone is 1. The highest BCUT2D eigenvalue weighted by Crippen LogP contribution is 2.34. The lowest BCUT2D eigenvalue weighted by molar-refractivity contribution is 0.592. The highest BCUT2D eigenvalue weighted by atomic mass is 32.2. The third-order valence-electron chi connectivity index (χ3n) is 4.17. The van der Waals surface area contributed by atoms with Crippen LogP contribution in [0.3, 0.4) is 0 Å². The van der Waals surface area contributed by atoms with E-state index >= 15 is 0 Å². The minimum absolute atomic E-state index is 1.18. The van der Waals surface area contributed by atoms with Gasteiger partial charge in [-0.1, -0.05) is 112 Å². The van der Waals surface area contributed by atoms with E-state index in [4.69, 9.17) is 0 Å². The molecule has 2 aromatic carbocycles. The van der Waals surface area contributed by atoms with Crippen molar-refractivity contribution in [3.05, 3.63) is 72.3 Å². The van der Waals surface area contributed by atoms with Crippen molar-refractivity contribution in [1.82, 2.24) is 0 Å². The van der Waals surface area contributed by atoms with E-state index in [2.05, 4.69) is 73.7 Å². The van der Waals surface area contributed by atoms with Crippen molar-refractivity contribution in [3.8, 4) is 0 Å². The molecule has 0 aliphatic rings. The second-order valence-corrected chi connectivity index (χ2v) is 7.37. The minimum Gasteiger partial charge on any atom is -0.0898 e. The highest BCUT2D eigenvalue weighted by Gasteiger charge is 2.03. The number of unbranched alkanes of at least 4 members (excludes halogenated alkanes) is 7. The van der Waals surface area contributed by atoms with Crippen LogP contribution in [0.4, 0.5) is 0 Å². The smallest absolute Gasteiger partial charge is 0.0154 e. The van der Waals surface area contributed by atoms with Gasteiger partial charge in [0, 0.05) is 9.80 Å². The second-order valence-electron chi connectivity index (χ2n) is 6.26. The Morgan fingerprint density at radius 2 is 1.33 bits per heavy atom. The minimum atomic E-state index is 1.18. The fourth-order valence-electron chi connectivity index (χ4n) is 2.77. The van der Waals surface area contributed by atoms with Crippen LogP contribution in [0.5, 0.6) is 0 Å². The molecule has 0 radical (unpaired) electrons. The van der Waals surface area contributed by atoms with Gasteiger partial charge < -0.3 is 0 Å². The maximum Gasteiger partial charge on any atom is 0.0154 e. The molecule has 2 aromatic rings. The Bertz CT molecular complexity index is 571. The van der Waals surface area contributed by atoms with Crippen LogP contribution in [-0.2, 0) is 0 Å². The predicted octanol–water partition coefficient (Wildman–Crippen LogP) is 7.96. The summed E-state index contributed by atoms with van der Waals surface area (Å²) in [6, 6.07) is 21.5. The van der Waals surface area contributed by atoms with Gasteiger partial charge in [0.1, 0.15) is 0 Å². The van der Waals surface area contributed by atoms with Crippen molar-refractivity contribution in [2.75, 3.05) is 0 Å². The number of hydrogen-bond acceptors (Lipinski definition) is 1. The molecule has 2 rings (SSSR count). The summed E-state index contributed by atoms with van der Waals surface area (Å²) in [7, 11) is 0. The van der Waals surface area contributed by atoms with Gasteiger partial charge in [-0.25, -0.2) is 0 Å². The van der Waals surface area contributed by atoms with E-state index in [1.165, 1.54) is 66.7 Å². The first-order valence-corrected chi connectivity index (χ1v) is 10.2. The maximum atomic E-state index is 2.43. The summed E-state index contributed by atoms with van der Waals surface area (Å²) < 4.78 is 0. The summed E-state index contributed by atoms with van der Waals surface area (Å²) in [6.45, 7) is 2.28.